The zero-order valence-corrected chi connectivity index (χ0v) is 27.1. The number of aromatic nitrogens is 2. The first-order valence-corrected chi connectivity index (χ1v) is 16.5. The van der Waals surface area contributed by atoms with Crippen molar-refractivity contribution in [2.24, 2.45) is 29.1 Å². The number of nitrogens with one attached hydrogen (secondary N) is 3. The predicted molar refractivity (Wildman–Crippen MR) is 174 cm³/mol. The number of hydrogen-bond donors (Lipinski definition) is 5. The van der Waals surface area contributed by atoms with Gasteiger partial charge in [-0.3, -0.25) is 14.4 Å². The van der Waals surface area contributed by atoms with Gasteiger partial charge in [-0.15, -0.1) is 0 Å². The Labute approximate surface area is 270 Å². The van der Waals surface area contributed by atoms with Crippen LogP contribution in [0.3, 0.4) is 0 Å². The molecule has 1 saturated heterocycles. The number of benzene rings is 2. The van der Waals surface area contributed by atoms with Crippen LogP contribution in [0.15, 0.2) is 61.1 Å². The number of hydrogen-bond acceptors (Lipinski definition) is 7. The van der Waals surface area contributed by atoms with Gasteiger partial charge in [-0.25, -0.2) is 4.98 Å². The van der Waals surface area contributed by atoms with Crippen LogP contribution in [0.1, 0.15) is 62.2 Å². The fourth-order valence-electron chi connectivity index (χ4n) is 8.19. The van der Waals surface area contributed by atoms with Crippen molar-refractivity contribution < 1.29 is 24.6 Å². The third kappa shape index (κ3) is 6.36. The number of imidazole rings is 1. The molecular formula is C36H47N5O5. The first-order chi connectivity index (χ1) is 22.1. The zero-order valence-electron chi connectivity index (χ0n) is 27.1. The van der Waals surface area contributed by atoms with Crippen LogP contribution in [0, 0.1) is 29.1 Å². The molecule has 1 aliphatic heterocycles. The molecule has 5 N–H and O–H groups in total. The molecule has 1 aromatic heterocycles. The van der Waals surface area contributed by atoms with Gasteiger partial charge in [0.1, 0.15) is 12.1 Å². The molecule has 4 fully saturated rings. The molecule has 46 heavy (non-hydrogen) atoms. The van der Waals surface area contributed by atoms with E-state index in [0.717, 1.165) is 28.8 Å². The van der Waals surface area contributed by atoms with Crippen LogP contribution in [0.5, 0.6) is 0 Å². The Morgan fingerprint density at radius 1 is 1.15 bits per heavy atom. The van der Waals surface area contributed by atoms with Gasteiger partial charge in [-0.05, 0) is 77.8 Å². The minimum atomic E-state index is -0.853. The van der Waals surface area contributed by atoms with Gasteiger partial charge in [0, 0.05) is 36.7 Å². The van der Waals surface area contributed by atoms with Crippen LogP contribution in [0.25, 0.3) is 11.1 Å². The monoisotopic (exact) mass is 629 g/mol. The number of aliphatic hydroxyl groups is 2. The van der Waals surface area contributed by atoms with Crippen LogP contribution < -0.4 is 10.6 Å². The normalized spacial score (nSPS) is 29.1. The highest BCUT2D eigenvalue weighted by molar-refractivity contribution is 5.95. The van der Waals surface area contributed by atoms with Crippen LogP contribution in [-0.4, -0.2) is 74.5 Å². The van der Waals surface area contributed by atoms with E-state index < -0.39 is 24.2 Å². The highest BCUT2D eigenvalue weighted by Gasteiger charge is 2.57. The van der Waals surface area contributed by atoms with E-state index in [1.54, 1.807) is 24.4 Å². The van der Waals surface area contributed by atoms with Crippen molar-refractivity contribution in [1.82, 2.24) is 25.7 Å². The zero-order chi connectivity index (χ0) is 32.6. The summed E-state index contributed by atoms with van der Waals surface area (Å²) < 4.78 is 0. The van der Waals surface area contributed by atoms with Crippen molar-refractivity contribution in [1.29, 1.82) is 0 Å². The van der Waals surface area contributed by atoms with Gasteiger partial charge < -0.3 is 25.8 Å². The Morgan fingerprint density at radius 2 is 1.91 bits per heavy atom. The molecule has 3 saturated carbocycles. The molecular weight excluding hydrogens is 582 g/mol. The van der Waals surface area contributed by atoms with E-state index in [0.29, 0.717) is 41.7 Å². The lowest BCUT2D eigenvalue weighted by atomic mass is 9.45. The predicted octanol–water partition coefficient (Wildman–Crippen LogP) is 3.71. The largest absolute Gasteiger partial charge is 0.394 e. The minimum absolute atomic E-state index is 0.0760. The summed E-state index contributed by atoms with van der Waals surface area (Å²) in [5.41, 5.74) is 4.48. The Balaban J connectivity index is 1.16. The number of amides is 2. The van der Waals surface area contributed by atoms with E-state index in [1.807, 2.05) is 48.7 Å². The SMILES string of the molecule is C[C@@H]1[C@@H](NC(=O)[C@@H]2[C@H]([C@H](C)O)[C@H](CO)ON2Cc2cccc(-c3cccc(C(=O)NCCc4c[nH]cn4)c3)c2)C[C@H]2C[C@@H]1C2(C)C. The van der Waals surface area contributed by atoms with Crippen LogP contribution in [0.2, 0.25) is 0 Å². The van der Waals surface area contributed by atoms with Gasteiger partial charge in [0.25, 0.3) is 5.91 Å². The summed E-state index contributed by atoms with van der Waals surface area (Å²) in [6, 6.07) is 14.7. The second-order valence-electron chi connectivity index (χ2n) is 14.1. The van der Waals surface area contributed by atoms with Gasteiger partial charge in [0.05, 0.1) is 31.3 Å². The lowest BCUT2D eigenvalue weighted by Crippen LogP contribution is -2.62. The van der Waals surface area contributed by atoms with E-state index in [4.69, 9.17) is 4.84 Å². The summed E-state index contributed by atoms with van der Waals surface area (Å²) in [5.74, 6) is 0.645. The Morgan fingerprint density at radius 3 is 2.59 bits per heavy atom. The van der Waals surface area contributed by atoms with Gasteiger partial charge >= 0.3 is 0 Å². The molecule has 7 rings (SSSR count). The summed E-state index contributed by atoms with van der Waals surface area (Å²) in [4.78, 5) is 40.1. The summed E-state index contributed by atoms with van der Waals surface area (Å²) in [6.07, 6.45) is 4.70. The number of carbonyl (C=O) groups is 2. The molecule has 4 aliphatic rings. The number of nitrogens with zero attached hydrogens (tertiary/aromatic N) is 2. The Hall–Kier alpha value is -3.57. The van der Waals surface area contributed by atoms with Gasteiger partial charge in [-0.2, -0.15) is 5.06 Å². The van der Waals surface area contributed by atoms with Crippen LogP contribution in [-0.2, 0) is 22.6 Å². The highest BCUT2D eigenvalue weighted by atomic mass is 16.7. The molecule has 10 nitrogen and oxygen atoms in total. The molecule has 8 atom stereocenters. The number of fused-ring (bicyclic) bond motifs is 2. The topological polar surface area (TPSA) is 140 Å². The number of hydroxylamine groups is 2. The maximum absolute atomic E-state index is 14.0. The number of carbonyl (C=O) groups excluding carboxylic acids is 2. The lowest BCUT2D eigenvalue weighted by molar-refractivity contribution is -0.183. The van der Waals surface area contributed by atoms with E-state index in [-0.39, 0.29) is 31.0 Å². The summed E-state index contributed by atoms with van der Waals surface area (Å²) >= 11 is 0. The maximum atomic E-state index is 14.0. The third-order valence-electron chi connectivity index (χ3n) is 11.0. The van der Waals surface area contributed by atoms with Gasteiger partial charge in [-0.1, -0.05) is 51.1 Å². The van der Waals surface area contributed by atoms with E-state index in [9.17, 15) is 19.8 Å². The molecule has 3 aromatic rings. The van der Waals surface area contributed by atoms with Gasteiger partial charge in [0.15, 0.2) is 0 Å². The summed E-state index contributed by atoms with van der Waals surface area (Å²) in [7, 11) is 0. The Kier molecular flexibility index (Phi) is 9.34. The standard InChI is InChI=1S/C36H47N5O5/c1-21-29-15-27(36(29,3)4)16-30(21)40-35(45)33-32(22(2)43)31(19-42)46-41(33)18-23-7-5-8-24(13-23)25-9-6-10-26(14-25)34(44)38-12-11-28-17-37-20-39-28/h5-10,13-14,17,20-22,27,29-33,42-43H,11-12,15-16,18-19H2,1-4H3,(H,37,39)(H,38,44)(H,40,45)/t21-,22-,27+,29-,30-,31-,32+,33-/m0/s1. The van der Waals surface area contributed by atoms with E-state index >= 15 is 0 Å². The highest BCUT2D eigenvalue weighted by Crippen LogP contribution is 2.61. The molecule has 0 spiro atoms. The maximum Gasteiger partial charge on any atom is 0.251 e. The van der Waals surface area contributed by atoms with Crippen molar-refractivity contribution in [2.75, 3.05) is 13.2 Å². The van der Waals surface area contributed by atoms with E-state index in [1.165, 1.54) is 6.42 Å². The molecule has 3 aliphatic carbocycles. The molecule has 2 bridgehead atoms. The quantitative estimate of drug-likeness (QED) is 0.218. The lowest BCUT2D eigenvalue weighted by Gasteiger charge is -2.62. The van der Waals surface area contributed by atoms with Crippen molar-refractivity contribution >= 4 is 11.8 Å². The molecule has 246 valence electrons. The smallest absolute Gasteiger partial charge is 0.251 e. The Bertz CT molecular complexity index is 1520. The molecule has 10 heteroatoms. The van der Waals surface area contributed by atoms with Crippen LogP contribution >= 0.6 is 0 Å². The second kappa shape index (κ2) is 13.3. The number of aromatic amines is 1. The average Bonchev–Trinajstić information content (AvgIpc) is 3.70. The van der Waals surface area contributed by atoms with Crippen molar-refractivity contribution in [2.45, 2.75) is 77.8 Å². The van der Waals surface area contributed by atoms with E-state index in [2.05, 4.69) is 41.4 Å². The first-order valence-electron chi connectivity index (χ1n) is 16.5. The van der Waals surface area contributed by atoms with Crippen molar-refractivity contribution in [3.05, 3.63) is 77.9 Å². The molecule has 2 aromatic carbocycles. The average molecular weight is 630 g/mol. The molecule has 0 unspecified atom stereocenters. The van der Waals surface area contributed by atoms with Gasteiger partial charge in [0.2, 0.25) is 5.91 Å². The molecule has 2 heterocycles. The van der Waals surface area contributed by atoms with Crippen molar-refractivity contribution in [3.63, 3.8) is 0 Å². The summed E-state index contributed by atoms with van der Waals surface area (Å²) in [6.45, 7) is 9.04. The number of rotatable bonds is 11. The minimum Gasteiger partial charge on any atom is -0.394 e. The fraction of sp³-hybridized carbons (Fsp3) is 0.528. The van der Waals surface area contributed by atoms with Crippen molar-refractivity contribution in [3.8, 4) is 11.1 Å². The fourth-order valence-corrected chi connectivity index (χ4v) is 8.19. The molecule has 2 amide bonds. The second-order valence-corrected chi connectivity index (χ2v) is 14.1. The number of aliphatic hydroxyl groups excluding tert-OH is 2. The molecule has 0 radical (unpaired) electrons. The summed E-state index contributed by atoms with van der Waals surface area (Å²) in [5, 5.41) is 28.9. The third-order valence-corrected chi connectivity index (χ3v) is 11.0. The number of H-pyrrole nitrogens is 1. The van der Waals surface area contributed by atoms with Crippen LogP contribution in [0.4, 0.5) is 0 Å². The first kappa shape index (κ1) is 32.4.